The standard InChI is InChI=1S/C12H8ClN3OS/c1-7-8(6-17)11(13)16(15-7)12-14-9-4-2-3-5-10(9)18-12/h2-6H,1H3. The summed E-state index contributed by atoms with van der Waals surface area (Å²) in [6.07, 6.45) is 0.717. The minimum absolute atomic E-state index is 0.307. The first kappa shape index (κ1) is 11.4. The largest absolute Gasteiger partial charge is 0.298 e. The third kappa shape index (κ3) is 1.63. The highest BCUT2D eigenvalue weighted by Crippen LogP contribution is 2.28. The molecule has 0 N–H and O–H groups in total. The summed E-state index contributed by atoms with van der Waals surface area (Å²) in [5, 5.41) is 5.22. The van der Waals surface area contributed by atoms with E-state index in [0.29, 0.717) is 27.8 Å². The Hall–Kier alpha value is -1.72. The second kappa shape index (κ2) is 4.19. The van der Waals surface area contributed by atoms with Crippen molar-refractivity contribution in [3.8, 4) is 5.13 Å². The summed E-state index contributed by atoms with van der Waals surface area (Å²) in [5.74, 6) is 0. The monoisotopic (exact) mass is 277 g/mol. The third-order valence-corrected chi connectivity index (χ3v) is 4.01. The number of carbonyl (C=O) groups is 1. The predicted octanol–water partition coefficient (Wildman–Crippen LogP) is 3.26. The Morgan fingerprint density at radius 2 is 2.17 bits per heavy atom. The fraction of sp³-hybridized carbons (Fsp3) is 0.0833. The molecule has 0 fully saturated rings. The van der Waals surface area contributed by atoms with Crippen molar-refractivity contribution >= 4 is 39.4 Å². The molecule has 4 nitrogen and oxygen atoms in total. The Bertz CT molecular complexity index is 714. The number of para-hydroxylation sites is 1. The van der Waals surface area contributed by atoms with Crippen LogP contribution in [0, 0.1) is 6.92 Å². The van der Waals surface area contributed by atoms with Crippen molar-refractivity contribution in [3.63, 3.8) is 0 Å². The van der Waals surface area contributed by atoms with Crippen LogP contribution < -0.4 is 0 Å². The Morgan fingerprint density at radius 1 is 1.39 bits per heavy atom. The predicted molar refractivity (Wildman–Crippen MR) is 71.9 cm³/mol. The molecule has 1 aromatic carbocycles. The van der Waals surface area contributed by atoms with Crippen LogP contribution in [0.1, 0.15) is 16.1 Å². The summed E-state index contributed by atoms with van der Waals surface area (Å²) >= 11 is 7.61. The number of carbonyl (C=O) groups excluding carboxylic acids is 1. The Kier molecular flexibility index (Phi) is 2.65. The molecule has 0 spiro atoms. The molecule has 0 saturated carbocycles. The molecular formula is C12H8ClN3OS. The molecule has 3 rings (SSSR count). The molecule has 6 heteroatoms. The number of thiazole rings is 1. The van der Waals surface area contributed by atoms with Crippen molar-refractivity contribution in [1.29, 1.82) is 0 Å². The smallest absolute Gasteiger partial charge is 0.212 e. The van der Waals surface area contributed by atoms with Gasteiger partial charge in [0.15, 0.2) is 6.29 Å². The summed E-state index contributed by atoms with van der Waals surface area (Å²) in [5.41, 5.74) is 1.92. The van der Waals surface area contributed by atoms with E-state index in [1.54, 1.807) is 6.92 Å². The SMILES string of the molecule is Cc1nn(-c2nc3ccccc3s2)c(Cl)c1C=O. The van der Waals surface area contributed by atoms with Gasteiger partial charge >= 0.3 is 0 Å². The van der Waals surface area contributed by atoms with Crippen molar-refractivity contribution < 1.29 is 4.79 Å². The molecule has 18 heavy (non-hydrogen) atoms. The van der Waals surface area contributed by atoms with Crippen molar-refractivity contribution in [2.45, 2.75) is 6.92 Å². The van der Waals surface area contributed by atoms with Gasteiger partial charge in [0.1, 0.15) is 5.15 Å². The van der Waals surface area contributed by atoms with Gasteiger partial charge in [-0.05, 0) is 19.1 Å². The highest BCUT2D eigenvalue weighted by Gasteiger charge is 2.16. The van der Waals surface area contributed by atoms with Crippen LogP contribution in [0.5, 0.6) is 0 Å². The van der Waals surface area contributed by atoms with E-state index in [2.05, 4.69) is 10.1 Å². The minimum atomic E-state index is 0.307. The van der Waals surface area contributed by atoms with Crippen molar-refractivity contribution in [1.82, 2.24) is 14.8 Å². The normalized spacial score (nSPS) is 11.0. The number of halogens is 1. The summed E-state index contributed by atoms with van der Waals surface area (Å²) in [7, 11) is 0. The van der Waals surface area contributed by atoms with Crippen LogP contribution in [0.3, 0.4) is 0 Å². The van der Waals surface area contributed by atoms with Crippen LogP contribution in [0.4, 0.5) is 0 Å². The van der Waals surface area contributed by atoms with E-state index in [4.69, 9.17) is 11.6 Å². The van der Waals surface area contributed by atoms with Crippen molar-refractivity contribution in [2.75, 3.05) is 0 Å². The lowest BCUT2D eigenvalue weighted by atomic mass is 10.3. The zero-order valence-electron chi connectivity index (χ0n) is 9.42. The van der Waals surface area contributed by atoms with E-state index in [1.165, 1.54) is 16.0 Å². The van der Waals surface area contributed by atoms with Crippen LogP contribution >= 0.6 is 22.9 Å². The topological polar surface area (TPSA) is 47.8 Å². The number of hydrogen-bond acceptors (Lipinski definition) is 4. The molecule has 0 aliphatic rings. The molecule has 3 aromatic rings. The number of benzene rings is 1. The summed E-state index contributed by atoms with van der Waals surface area (Å²) in [6.45, 7) is 1.75. The minimum Gasteiger partial charge on any atom is -0.298 e. The molecule has 2 aromatic heterocycles. The second-order valence-electron chi connectivity index (χ2n) is 3.78. The molecule has 0 amide bonds. The summed E-state index contributed by atoms with van der Waals surface area (Å²) < 4.78 is 2.56. The molecule has 2 heterocycles. The highest BCUT2D eigenvalue weighted by molar-refractivity contribution is 7.20. The highest BCUT2D eigenvalue weighted by atomic mass is 35.5. The molecular weight excluding hydrogens is 270 g/mol. The molecule has 0 aliphatic heterocycles. The molecule has 0 saturated heterocycles. The number of nitrogens with zero attached hydrogens (tertiary/aromatic N) is 3. The van der Waals surface area contributed by atoms with Crippen molar-refractivity contribution in [2.24, 2.45) is 0 Å². The molecule has 0 bridgehead atoms. The number of aromatic nitrogens is 3. The first-order valence-electron chi connectivity index (χ1n) is 5.27. The van der Waals surface area contributed by atoms with E-state index in [0.717, 1.165) is 10.2 Å². The van der Waals surface area contributed by atoms with E-state index in [1.807, 2.05) is 24.3 Å². The lowest BCUT2D eigenvalue weighted by molar-refractivity contribution is 0.112. The van der Waals surface area contributed by atoms with Gasteiger partial charge in [0.2, 0.25) is 5.13 Å². The summed E-state index contributed by atoms with van der Waals surface area (Å²) in [4.78, 5) is 15.4. The lowest BCUT2D eigenvalue weighted by Gasteiger charge is -1.95. The fourth-order valence-electron chi connectivity index (χ4n) is 1.72. The average molecular weight is 278 g/mol. The van der Waals surface area contributed by atoms with Crippen LogP contribution in [-0.2, 0) is 0 Å². The maximum absolute atomic E-state index is 10.9. The van der Waals surface area contributed by atoms with Gasteiger partial charge in [-0.2, -0.15) is 9.78 Å². The van der Waals surface area contributed by atoms with Crippen LogP contribution in [0.25, 0.3) is 15.3 Å². The number of aryl methyl sites for hydroxylation is 1. The molecule has 0 unspecified atom stereocenters. The van der Waals surface area contributed by atoms with Gasteiger partial charge in [-0.15, -0.1) is 0 Å². The number of fused-ring (bicyclic) bond motifs is 1. The molecule has 90 valence electrons. The van der Waals surface area contributed by atoms with Crippen molar-refractivity contribution in [3.05, 3.63) is 40.7 Å². The Labute approximate surface area is 112 Å². The Balaban J connectivity index is 2.23. The van der Waals surface area contributed by atoms with Gasteiger partial charge in [0.25, 0.3) is 0 Å². The third-order valence-electron chi connectivity index (χ3n) is 2.63. The molecule has 0 atom stereocenters. The van der Waals surface area contributed by atoms with Crippen LogP contribution in [0.2, 0.25) is 5.15 Å². The number of rotatable bonds is 2. The average Bonchev–Trinajstić information content (AvgIpc) is 2.90. The zero-order chi connectivity index (χ0) is 12.7. The van der Waals surface area contributed by atoms with Gasteiger partial charge in [0.05, 0.1) is 21.5 Å². The lowest BCUT2D eigenvalue weighted by Crippen LogP contribution is -1.95. The van der Waals surface area contributed by atoms with Crippen LogP contribution in [-0.4, -0.2) is 21.1 Å². The van der Waals surface area contributed by atoms with Gasteiger partial charge in [-0.25, -0.2) is 4.98 Å². The molecule has 0 radical (unpaired) electrons. The molecule has 0 aliphatic carbocycles. The summed E-state index contributed by atoms with van der Waals surface area (Å²) in [6, 6.07) is 7.80. The number of hydrogen-bond donors (Lipinski definition) is 0. The fourth-order valence-corrected chi connectivity index (χ4v) is 3.00. The quantitative estimate of drug-likeness (QED) is 0.676. The first-order chi connectivity index (χ1) is 8.70. The van der Waals surface area contributed by atoms with Gasteiger partial charge in [-0.1, -0.05) is 35.1 Å². The van der Waals surface area contributed by atoms with E-state index in [-0.39, 0.29) is 0 Å². The first-order valence-corrected chi connectivity index (χ1v) is 6.46. The zero-order valence-corrected chi connectivity index (χ0v) is 11.0. The van der Waals surface area contributed by atoms with Gasteiger partial charge in [-0.3, -0.25) is 4.79 Å². The van der Waals surface area contributed by atoms with Crippen LogP contribution in [0.15, 0.2) is 24.3 Å². The van der Waals surface area contributed by atoms with Gasteiger partial charge in [0, 0.05) is 0 Å². The van der Waals surface area contributed by atoms with E-state index >= 15 is 0 Å². The maximum Gasteiger partial charge on any atom is 0.212 e. The van der Waals surface area contributed by atoms with E-state index in [9.17, 15) is 4.79 Å². The second-order valence-corrected chi connectivity index (χ2v) is 5.15. The van der Waals surface area contributed by atoms with E-state index < -0.39 is 0 Å². The maximum atomic E-state index is 10.9. The Morgan fingerprint density at radius 3 is 2.83 bits per heavy atom. The number of aldehydes is 1. The van der Waals surface area contributed by atoms with Gasteiger partial charge < -0.3 is 0 Å².